The zero-order valence-electron chi connectivity index (χ0n) is 16.4. The number of carbonyl (C=O) groups excluding carboxylic acids is 1. The van der Waals surface area contributed by atoms with Crippen molar-refractivity contribution >= 4 is 11.7 Å². The standard InChI is InChI=1S/C25H24N2O2/c1-3-23-24(20-12-8-5-9-13-20)27(21-14-16-22(29-2)17-15-21)25(28)26(23)18-19-10-6-4-7-11-19/h3-17,23-24H,1,18H2,2H3/t23-,24-/m0/s1. The molecule has 0 aliphatic carbocycles. The van der Waals surface area contributed by atoms with Crippen LogP contribution in [-0.2, 0) is 6.54 Å². The molecule has 4 nitrogen and oxygen atoms in total. The molecule has 4 rings (SSSR count). The molecule has 1 fully saturated rings. The maximum absolute atomic E-state index is 13.6. The highest BCUT2D eigenvalue weighted by molar-refractivity contribution is 5.96. The van der Waals surface area contributed by atoms with Crippen molar-refractivity contribution < 1.29 is 9.53 Å². The van der Waals surface area contributed by atoms with Crippen molar-refractivity contribution in [2.75, 3.05) is 12.0 Å². The number of hydrogen-bond donors (Lipinski definition) is 0. The van der Waals surface area contributed by atoms with E-state index in [4.69, 9.17) is 4.74 Å². The summed E-state index contributed by atoms with van der Waals surface area (Å²) >= 11 is 0. The number of amides is 2. The molecule has 3 aromatic rings. The maximum atomic E-state index is 13.6. The van der Waals surface area contributed by atoms with Crippen LogP contribution < -0.4 is 9.64 Å². The minimum Gasteiger partial charge on any atom is -0.497 e. The van der Waals surface area contributed by atoms with Gasteiger partial charge in [0.1, 0.15) is 5.75 Å². The van der Waals surface area contributed by atoms with Crippen molar-refractivity contribution in [1.82, 2.24) is 4.90 Å². The third-order valence-electron chi connectivity index (χ3n) is 5.34. The second-order valence-corrected chi connectivity index (χ2v) is 7.05. The van der Waals surface area contributed by atoms with E-state index in [2.05, 4.69) is 18.7 Å². The van der Waals surface area contributed by atoms with Gasteiger partial charge in [0.25, 0.3) is 0 Å². The van der Waals surface area contributed by atoms with Crippen LogP contribution in [0.25, 0.3) is 0 Å². The van der Waals surface area contributed by atoms with Gasteiger partial charge in [-0.15, -0.1) is 6.58 Å². The van der Waals surface area contributed by atoms with Crippen molar-refractivity contribution in [2.24, 2.45) is 0 Å². The predicted octanol–water partition coefficient (Wildman–Crippen LogP) is 5.43. The number of hydrogen-bond acceptors (Lipinski definition) is 2. The number of benzene rings is 3. The molecule has 0 aromatic heterocycles. The van der Waals surface area contributed by atoms with Crippen molar-refractivity contribution in [3.63, 3.8) is 0 Å². The number of anilines is 1. The minimum atomic E-state index is -0.154. The van der Waals surface area contributed by atoms with Gasteiger partial charge < -0.3 is 9.64 Å². The van der Waals surface area contributed by atoms with Gasteiger partial charge >= 0.3 is 6.03 Å². The average Bonchev–Trinajstić information content (AvgIpc) is 3.06. The Kier molecular flexibility index (Phi) is 5.34. The Bertz CT molecular complexity index is 971. The Morgan fingerprint density at radius 3 is 2.14 bits per heavy atom. The number of rotatable bonds is 6. The van der Waals surface area contributed by atoms with Gasteiger partial charge in [0, 0.05) is 12.2 Å². The van der Waals surface area contributed by atoms with Gasteiger partial charge in [0.2, 0.25) is 0 Å². The van der Waals surface area contributed by atoms with Crippen LogP contribution in [0.1, 0.15) is 17.2 Å². The zero-order chi connectivity index (χ0) is 20.2. The quantitative estimate of drug-likeness (QED) is 0.531. The lowest BCUT2D eigenvalue weighted by atomic mass is 9.98. The van der Waals surface area contributed by atoms with Crippen molar-refractivity contribution in [3.05, 3.63) is 109 Å². The van der Waals surface area contributed by atoms with Crippen LogP contribution in [0.15, 0.2) is 97.6 Å². The lowest BCUT2D eigenvalue weighted by Crippen LogP contribution is -2.33. The first kappa shape index (κ1) is 18.8. The van der Waals surface area contributed by atoms with Gasteiger partial charge in [0.05, 0.1) is 19.2 Å². The maximum Gasteiger partial charge on any atom is 0.326 e. The van der Waals surface area contributed by atoms with E-state index in [1.54, 1.807) is 7.11 Å². The van der Waals surface area contributed by atoms with Gasteiger partial charge in [-0.2, -0.15) is 0 Å². The monoisotopic (exact) mass is 384 g/mol. The van der Waals surface area contributed by atoms with Crippen molar-refractivity contribution in [2.45, 2.75) is 18.6 Å². The first-order valence-corrected chi connectivity index (χ1v) is 9.68. The number of ether oxygens (including phenoxy) is 1. The minimum absolute atomic E-state index is 0.0298. The van der Waals surface area contributed by atoms with E-state index in [9.17, 15) is 4.79 Å². The van der Waals surface area contributed by atoms with Gasteiger partial charge in [0.15, 0.2) is 0 Å². The Morgan fingerprint density at radius 1 is 0.931 bits per heavy atom. The lowest BCUT2D eigenvalue weighted by Gasteiger charge is -2.26. The van der Waals surface area contributed by atoms with E-state index in [1.165, 1.54) is 0 Å². The molecule has 0 N–H and O–H groups in total. The normalized spacial score (nSPS) is 18.7. The fraction of sp³-hybridized carbons (Fsp3) is 0.160. The molecular weight excluding hydrogens is 360 g/mol. The molecular formula is C25H24N2O2. The topological polar surface area (TPSA) is 32.8 Å². The molecule has 2 amide bonds. The van der Waals surface area contributed by atoms with Crippen LogP contribution in [0, 0.1) is 0 Å². The van der Waals surface area contributed by atoms with Gasteiger partial charge in [-0.05, 0) is 35.4 Å². The fourth-order valence-electron chi connectivity index (χ4n) is 3.93. The number of nitrogens with zero attached hydrogens (tertiary/aromatic N) is 2. The highest BCUT2D eigenvalue weighted by atomic mass is 16.5. The first-order chi connectivity index (χ1) is 14.2. The summed E-state index contributed by atoms with van der Waals surface area (Å²) in [6.45, 7) is 4.59. The molecule has 3 aromatic carbocycles. The molecule has 0 spiro atoms. The van der Waals surface area contributed by atoms with Crippen LogP contribution in [0.2, 0.25) is 0 Å². The lowest BCUT2D eigenvalue weighted by molar-refractivity contribution is 0.209. The largest absolute Gasteiger partial charge is 0.497 e. The number of carbonyl (C=O) groups is 1. The molecule has 2 atom stereocenters. The Hall–Kier alpha value is -3.53. The van der Waals surface area contributed by atoms with E-state index < -0.39 is 0 Å². The predicted molar refractivity (Wildman–Crippen MR) is 116 cm³/mol. The summed E-state index contributed by atoms with van der Waals surface area (Å²) in [5.74, 6) is 0.762. The van der Waals surface area contributed by atoms with Gasteiger partial charge in [-0.25, -0.2) is 4.79 Å². The van der Waals surface area contributed by atoms with Crippen LogP contribution >= 0.6 is 0 Å². The molecule has 1 saturated heterocycles. The Balaban J connectivity index is 1.77. The van der Waals surface area contributed by atoms with E-state index in [0.29, 0.717) is 6.54 Å². The summed E-state index contributed by atoms with van der Waals surface area (Å²) in [7, 11) is 1.64. The molecule has 146 valence electrons. The van der Waals surface area contributed by atoms with Crippen LogP contribution in [0.4, 0.5) is 10.5 Å². The van der Waals surface area contributed by atoms with E-state index in [1.807, 2.05) is 88.7 Å². The van der Waals surface area contributed by atoms with Gasteiger partial charge in [-0.1, -0.05) is 66.7 Å². The summed E-state index contributed by atoms with van der Waals surface area (Å²) in [6, 6.07) is 27.5. The summed E-state index contributed by atoms with van der Waals surface area (Å²) in [6.07, 6.45) is 1.88. The molecule has 1 aliphatic heterocycles. The SMILES string of the molecule is C=C[C@H]1[C@H](c2ccccc2)N(c2ccc(OC)cc2)C(=O)N1Cc1ccccc1. The molecule has 0 unspecified atom stereocenters. The zero-order valence-corrected chi connectivity index (χ0v) is 16.4. The second kappa shape index (κ2) is 8.23. The summed E-state index contributed by atoms with van der Waals surface area (Å²) in [5, 5.41) is 0. The molecule has 29 heavy (non-hydrogen) atoms. The van der Waals surface area contributed by atoms with Crippen LogP contribution in [-0.4, -0.2) is 24.1 Å². The number of methoxy groups -OCH3 is 1. The third-order valence-corrected chi connectivity index (χ3v) is 5.34. The number of urea groups is 1. The van der Waals surface area contributed by atoms with Gasteiger partial charge in [-0.3, -0.25) is 4.90 Å². The summed E-state index contributed by atoms with van der Waals surface area (Å²) in [4.78, 5) is 17.3. The second-order valence-electron chi connectivity index (χ2n) is 7.05. The third kappa shape index (κ3) is 3.61. The van der Waals surface area contributed by atoms with Crippen molar-refractivity contribution in [1.29, 1.82) is 0 Å². The molecule has 0 radical (unpaired) electrons. The van der Waals surface area contributed by atoms with Crippen molar-refractivity contribution in [3.8, 4) is 5.75 Å². The molecule has 1 aliphatic rings. The van der Waals surface area contributed by atoms with E-state index in [-0.39, 0.29) is 18.1 Å². The van der Waals surface area contributed by atoms with Crippen LogP contribution in [0.5, 0.6) is 5.75 Å². The summed E-state index contributed by atoms with van der Waals surface area (Å²) in [5.41, 5.74) is 3.01. The Morgan fingerprint density at radius 2 is 1.55 bits per heavy atom. The molecule has 4 heteroatoms. The molecule has 1 heterocycles. The smallest absolute Gasteiger partial charge is 0.326 e. The molecule has 0 bridgehead atoms. The fourth-order valence-corrected chi connectivity index (χ4v) is 3.93. The highest BCUT2D eigenvalue weighted by Crippen LogP contribution is 2.40. The highest BCUT2D eigenvalue weighted by Gasteiger charge is 2.45. The summed E-state index contributed by atoms with van der Waals surface area (Å²) < 4.78 is 5.28. The van der Waals surface area contributed by atoms with E-state index >= 15 is 0 Å². The van der Waals surface area contributed by atoms with Crippen LogP contribution in [0.3, 0.4) is 0 Å². The first-order valence-electron chi connectivity index (χ1n) is 9.68. The Labute approximate surface area is 171 Å². The average molecular weight is 384 g/mol. The molecule has 0 saturated carbocycles. The van der Waals surface area contributed by atoms with E-state index in [0.717, 1.165) is 22.6 Å².